The van der Waals surface area contributed by atoms with Gasteiger partial charge in [-0.2, -0.15) is 5.10 Å². The molecule has 128 valence electrons. The van der Waals surface area contributed by atoms with Crippen molar-refractivity contribution < 1.29 is 19.4 Å². The lowest BCUT2D eigenvalue weighted by molar-refractivity contribution is -0.139. The van der Waals surface area contributed by atoms with Crippen LogP contribution in [0.1, 0.15) is 12.5 Å². The lowest BCUT2D eigenvalue weighted by Crippen LogP contribution is -2.10. The summed E-state index contributed by atoms with van der Waals surface area (Å²) in [7, 11) is 0. The van der Waals surface area contributed by atoms with Crippen LogP contribution < -0.4 is 20.6 Å². The molecule has 0 fully saturated rings. The Balaban J connectivity index is 2.16. The number of benzene rings is 1. The fourth-order valence-corrected chi connectivity index (χ4v) is 2.42. The van der Waals surface area contributed by atoms with Gasteiger partial charge in [0.25, 0.3) is 0 Å². The van der Waals surface area contributed by atoms with Crippen LogP contribution in [0.25, 0.3) is 0 Å². The van der Waals surface area contributed by atoms with E-state index < -0.39 is 12.6 Å². The first-order chi connectivity index (χ1) is 11.5. The van der Waals surface area contributed by atoms with Crippen molar-refractivity contribution in [2.24, 2.45) is 5.10 Å². The maximum Gasteiger partial charge on any atom is 0.341 e. The Labute approximate surface area is 146 Å². The molecule has 2 aromatic rings. The average molecular weight is 371 g/mol. The molecular formula is C14H15ClN4O4S. The summed E-state index contributed by atoms with van der Waals surface area (Å²) in [5, 5.41) is 15.3. The van der Waals surface area contributed by atoms with Gasteiger partial charge in [0.2, 0.25) is 5.13 Å². The monoisotopic (exact) mass is 370 g/mol. The third-order valence-corrected chi connectivity index (χ3v) is 3.69. The quantitative estimate of drug-likeness (QED) is 0.482. The smallest absolute Gasteiger partial charge is 0.341 e. The van der Waals surface area contributed by atoms with Crippen molar-refractivity contribution >= 4 is 46.1 Å². The van der Waals surface area contributed by atoms with E-state index in [4.69, 9.17) is 31.9 Å². The molecule has 4 N–H and O–H groups in total. The van der Waals surface area contributed by atoms with Gasteiger partial charge in [-0.25, -0.2) is 9.78 Å². The summed E-state index contributed by atoms with van der Waals surface area (Å²) in [6.07, 6.45) is 1.49. The van der Waals surface area contributed by atoms with E-state index in [0.717, 1.165) is 0 Å². The number of halogens is 1. The molecule has 1 aromatic carbocycles. The Morgan fingerprint density at radius 3 is 2.88 bits per heavy atom. The maximum atomic E-state index is 10.6. The van der Waals surface area contributed by atoms with Crippen LogP contribution in [0.15, 0.2) is 22.6 Å². The second kappa shape index (κ2) is 8.37. The minimum absolute atomic E-state index is 0.252. The minimum atomic E-state index is -1.09. The van der Waals surface area contributed by atoms with Crippen LogP contribution in [0.4, 0.5) is 10.9 Å². The number of aromatic nitrogens is 1. The van der Waals surface area contributed by atoms with E-state index >= 15 is 0 Å². The van der Waals surface area contributed by atoms with Crippen LogP contribution in [-0.2, 0) is 4.79 Å². The van der Waals surface area contributed by atoms with E-state index in [1.807, 2.05) is 0 Å². The zero-order valence-electron chi connectivity index (χ0n) is 12.7. The van der Waals surface area contributed by atoms with Crippen molar-refractivity contribution in [3.63, 3.8) is 0 Å². The van der Waals surface area contributed by atoms with Crippen molar-refractivity contribution in [1.29, 1.82) is 0 Å². The van der Waals surface area contributed by atoms with Gasteiger partial charge in [-0.3, -0.25) is 5.43 Å². The first-order valence-electron chi connectivity index (χ1n) is 6.80. The van der Waals surface area contributed by atoms with E-state index in [9.17, 15) is 4.79 Å². The van der Waals surface area contributed by atoms with Crippen LogP contribution >= 0.6 is 22.9 Å². The fraction of sp³-hybridized carbons (Fsp3) is 0.214. The Morgan fingerprint density at radius 2 is 2.25 bits per heavy atom. The largest absolute Gasteiger partial charge is 0.490 e. The maximum absolute atomic E-state index is 10.6. The van der Waals surface area contributed by atoms with E-state index in [0.29, 0.717) is 33.9 Å². The molecular weight excluding hydrogens is 356 g/mol. The van der Waals surface area contributed by atoms with E-state index in [-0.39, 0.29) is 5.75 Å². The highest BCUT2D eigenvalue weighted by atomic mass is 35.5. The first kappa shape index (κ1) is 17.8. The van der Waals surface area contributed by atoms with Gasteiger partial charge in [-0.05, 0) is 13.0 Å². The molecule has 0 aliphatic rings. The topological polar surface area (TPSA) is 119 Å². The molecule has 0 atom stereocenters. The second-order valence-corrected chi connectivity index (χ2v) is 5.65. The van der Waals surface area contributed by atoms with Crippen molar-refractivity contribution in [3.05, 3.63) is 28.1 Å². The third-order valence-electron chi connectivity index (χ3n) is 2.60. The fourth-order valence-electron chi connectivity index (χ4n) is 1.66. The SMILES string of the molecule is CCOc1cc(C=NNc2nc(N)cs2)c(Cl)cc1OCC(=O)O. The van der Waals surface area contributed by atoms with Gasteiger partial charge in [-0.15, -0.1) is 11.3 Å². The highest BCUT2D eigenvalue weighted by Crippen LogP contribution is 2.33. The number of anilines is 2. The lowest BCUT2D eigenvalue weighted by Gasteiger charge is -2.12. The van der Waals surface area contributed by atoms with Crippen molar-refractivity contribution in [3.8, 4) is 11.5 Å². The summed E-state index contributed by atoms with van der Waals surface area (Å²) in [5.74, 6) is -0.0504. The summed E-state index contributed by atoms with van der Waals surface area (Å²) in [6.45, 7) is 1.70. The molecule has 0 aliphatic carbocycles. The number of hydrogen-bond donors (Lipinski definition) is 3. The molecule has 1 heterocycles. The minimum Gasteiger partial charge on any atom is -0.490 e. The Morgan fingerprint density at radius 1 is 1.50 bits per heavy atom. The molecule has 8 nitrogen and oxygen atoms in total. The summed E-state index contributed by atoms with van der Waals surface area (Å²) in [4.78, 5) is 14.6. The Kier molecular flexibility index (Phi) is 6.21. The number of hydrogen-bond acceptors (Lipinski definition) is 8. The van der Waals surface area contributed by atoms with Gasteiger partial charge in [0.05, 0.1) is 17.8 Å². The molecule has 0 saturated carbocycles. The molecule has 2 rings (SSSR count). The van der Waals surface area contributed by atoms with Crippen LogP contribution in [0, 0.1) is 0 Å². The highest BCUT2D eigenvalue weighted by molar-refractivity contribution is 7.14. The molecule has 10 heteroatoms. The number of rotatable bonds is 8. The first-order valence-corrected chi connectivity index (χ1v) is 8.06. The second-order valence-electron chi connectivity index (χ2n) is 4.38. The van der Waals surface area contributed by atoms with Gasteiger partial charge in [-0.1, -0.05) is 11.6 Å². The van der Waals surface area contributed by atoms with Crippen LogP contribution in [0.5, 0.6) is 11.5 Å². The summed E-state index contributed by atoms with van der Waals surface area (Å²) in [5.41, 5.74) is 8.82. The summed E-state index contributed by atoms with van der Waals surface area (Å²) in [6, 6.07) is 3.10. The number of carboxylic acids is 1. The van der Waals surface area contributed by atoms with Crippen LogP contribution in [0.3, 0.4) is 0 Å². The van der Waals surface area contributed by atoms with Gasteiger partial charge in [0.1, 0.15) is 5.82 Å². The van der Waals surface area contributed by atoms with Crippen LogP contribution in [-0.4, -0.2) is 35.5 Å². The summed E-state index contributed by atoms with van der Waals surface area (Å²) < 4.78 is 10.6. The molecule has 24 heavy (non-hydrogen) atoms. The third kappa shape index (κ3) is 5.00. The number of nitrogen functional groups attached to an aromatic ring is 1. The molecule has 0 spiro atoms. The standard InChI is InChI=1S/C14H15ClN4O4S/c1-2-22-10-3-8(5-17-19-14-18-12(16)7-24-14)9(15)4-11(10)23-6-13(20)21/h3-5,7H,2,6,16H2,1H3,(H,18,19)(H,20,21). The normalized spacial score (nSPS) is 10.8. The van der Waals surface area contributed by atoms with Crippen LogP contribution in [0.2, 0.25) is 5.02 Å². The predicted octanol–water partition coefficient (Wildman–Crippen LogP) is 2.69. The number of carboxylic acid groups (broad SMARTS) is 1. The van der Waals surface area contributed by atoms with E-state index in [2.05, 4.69) is 15.5 Å². The number of nitrogens with two attached hydrogens (primary N) is 1. The van der Waals surface area contributed by atoms with E-state index in [1.165, 1.54) is 23.6 Å². The van der Waals surface area contributed by atoms with Gasteiger partial charge in [0.15, 0.2) is 18.1 Å². The lowest BCUT2D eigenvalue weighted by atomic mass is 10.2. The number of nitrogens with zero attached hydrogens (tertiary/aromatic N) is 2. The molecule has 0 amide bonds. The van der Waals surface area contributed by atoms with E-state index in [1.54, 1.807) is 18.4 Å². The molecule has 0 aliphatic heterocycles. The van der Waals surface area contributed by atoms with Gasteiger partial charge in [0, 0.05) is 17.0 Å². The van der Waals surface area contributed by atoms with Crippen molar-refractivity contribution in [1.82, 2.24) is 4.98 Å². The molecule has 0 saturated heterocycles. The molecule has 0 unspecified atom stereocenters. The number of carbonyl (C=O) groups is 1. The van der Waals surface area contributed by atoms with Crippen molar-refractivity contribution in [2.75, 3.05) is 24.4 Å². The number of nitrogens with one attached hydrogen (secondary N) is 1. The molecule has 1 aromatic heterocycles. The number of hydrazone groups is 1. The Hall–Kier alpha value is -2.52. The average Bonchev–Trinajstić information content (AvgIpc) is 2.94. The van der Waals surface area contributed by atoms with Gasteiger partial charge < -0.3 is 20.3 Å². The zero-order valence-corrected chi connectivity index (χ0v) is 14.2. The molecule has 0 radical (unpaired) electrons. The summed E-state index contributed by atoms with van der Waals surface area (Å²) >= 11 is 7.49. The number of thiazole rings is 1. The number of aliphatic carboxylic acids is 1. The molecule has 0 bridgehead atoms. The highest BCUT2D eigenvalue weighted by Gasteiger charge is 2.11. The van der Waals surface area contributed by atoms with Gasteiger partial charge >= 0.3 is 5.97 Å². The van der Waals surface area contributed by atoms with Crippen molar-refractivity contribution in [2.45, 2.75) is 6.92 Å². The predicted molar refractivity (Wildman–Crippen MR) is 93.5 cm³/mol. The Bertz CT molecular complexity index is 750. The zero-order chi connectivity index (χ0) is 17.5. The number of ether oxygens (including phenoxy) is 2.